The fraction of sp³-hybridized carbons (Fsp3) is 0.360. The number of carboxylic acid groups (broad SMARTS) is 1. The Bertz CT molecular complexity index is 1020. The van der Waals surface area contributed by atoms with Crippen LogP contribution in [0.15, 0.2) is 48.5 Å². The first-order chi connectivity index (χ1) is 16.3. The third-order valence-corrected chi connectivity index (χ3v) is 5.85. The standard InChI is InChI=1S/C25H28N2O7/c1-15(23(29)27-21(24(30)31)13-22(28)33-2)11-12-26-25(32)34-14-20-18-9-5-3-7-16(18)17-8-4-6-10-19(17)20/h3-10,15,20-21H,11-14H2,1-2H3,(H,26,32)(H,27,29)(H,30,31)/t15?,21-/m0/s1. The summed E-state index contributed by atoms with van der Waals surface area (Å²) in [5, 5.41) is 14.1. The maximum atomic E-state index is 12.3. The van der Waals surface area contributed by atoms with Gasteiger partial charge in [-0.25, -0.2) is 9.59 Å². The number of rotatable bonds is 10. The molecular formula is C25H28N2O7. The molecular weight excluding hydrogens is 440 g/mol. The van der Waals surface area contributed by atoms with Crippen LogP contribution in [0.25, 0.3) is 11.1 Å². The number of carbonyl (C=O) groups excluding carboxylic acids is 3. The van der Waals surface area contributed by atoms with Gasteiger partial charge in [0, 0.05) is 18.4 Å². The van der Waals surface area contributed by atoms with Crippen molar-refractivity contribution in [3.8, 4) is 11.1 Å². The number of nitrogens with one attached hydrogen (secondary N) is 2. The third kappa shape index (κ3) is 5.92. The molecule has 1 aliphatic rings. The van der Waals surface area contributed by atoms with Crippen molar-refractivity contribution in [3.63, 3.8) is 0 Å². The highest BCUT2D eigenvalue weighted by Gasteiger charge is 2.29. The molecule has 0 fully saturated rings. The molecule has 0 saturated heterocycles. The first-order valence-corrected chi connectivity index (χ1v) is 11.0. The van der Waals surface area contributed by atoms with Gasteiger partial charge in [-0.05, 0) is 28.7 Å². The Hall–Kier alpha value is -3.88. The highest BCUT2D eigenvalue weighted by molar-refractivity contribution is 5.88. The van der Waals surface area contributed by atoms with Crippen LogP contribution in [0.1, 0.15) is 36.8 Å². The summed E-state index contributed by atoms with van der Waals surface area (Å²) in [5.74, 6) is -3.25. The lowest BCUT2D eigenvalue weighted by Crippen LogP contribution is -2.45. The lowest BCUT2D eigenvalue weighted by molar-refractivity contribution is -0.149. The Morgan fingerprint density at radius 3 is 2.15 bits per heavy atom. The number of amides is 2. The van der Waals surface area contributed by atoms with Crippen LogP contribution in [-0.2, 0) is 23.9 Å². The molecule has 2 aromatic rings. The molecule has 9 nitrogen and oxygen atoms in total. The molecule has 0 spiro atoms. The average Bonchev–Trinajstić information content (AvgIpc) is 3.15. The van der Waals surface area contributed by atoms with Crippen LogP contribution in [0.4, 0.5) is 4.79 Å². The van der Waals surface area contributed by atoms with Gasteiger partial charge in [0.2, 0.25) is 5.91 Å². The maximum absolute atomic E-state index is 12.3. The van der Waals surface area contributed by atoms with Crippen molar-refractivity contribution < 1.29 is 33.8 Å². The van der Waals surface area contributed by atoms with Crippen molar-refractivity contribution in [2.45, 2.75) is 31.7 Å². The zero-order chi connectivity index (χ0) is 24.7. The molecule has 0 radical (unpaired) electrons. The van der Waals surface area contributed by atoms with Gasteiger partial charge in [-0.15, -0.1) is 0 Å². The lowest BCUT2D eigenvalue weighted by Gasteiger charge is -2.17. The third-order valence-electron chi connectivity index (χ3n) is 5.85. The van der Waals surface area contributed by atoms with Crippen molar-refractivity contribution in [1.29, 1.82) is 0 Å². The Labute approximate surface area is 197 Å². The average molecular weight is 469 g/mol. The van der Waals surface area contributed by atoms with Crippen LogP contribution in [0, 0.1) is 5.92 Å². The molecule has 0 bridgehead atoms. The van der Waals surface area contributed by atoms with Gasteiger partial charge >= 0.3 is 18.0 Å². The number of esters is 1. The number of carboxylic acids is 1. The predicted molar refractivity (Wildman–Crippen MR) is 123 cm³/mol. The van der Waals surface area contributed by atoms with Crippen molar-refractivity contribution in [3.05, 3.63) is 59.7 Å². The highest BCUT2D eigenvalue weighted by atomic mass is 16.5. The zero-order valence-corrected chi connectivity index (χ0v) is 19.1. The normalized spacial score (nSPS) is 13.7. The molecule has 1 aliphatic carbocycles. The van der Waals surface area contributed by atoms with Gasteiger partial charge in [-0.3, -0.25) is 9.59 Å². The van der Waals surface area contributed by atoms with Crippen molar-refractivity contribution in [1.82, 2.24) is 10.6 Å². The van der Waals surface area contributed by atoms with E-state index < -0.39 is 42.3 Å². The first kappa shape index (κ1) is 24.8. The summed E-state index contributed by atoms with van der Waals surface area (Å²) < 4.78 is 9.90. The highest BCUT2D eigenvalue weighted by Crippen LogP contribution is 2.44. The maximum Gasteiger partial charge on any atom is 0.407 e. The molecule has 0 aromatic heterocycles. The van der Waals surface area contributed by atoms with E-state index in [0.29, 0.717) is 0 Å². The number of alkyl carbamates (subject to hydrolysis) is 1. The second kappa shape index (κ2) is 11.3. The van der Waals surface area contributed by atoms with E-state index in [1.807, 2.05) is 36.4 Å². The predicted octanol–water partition coefficient (Wildman–Crippen LogP) is 2.68. The summed E-state index contributed by atoms with van der Waals surface area (Å²) in [4.78, 5) is 47.1. The number of benzene rings is 2. The van der Waals surface area contributed by atoms with Crippen molar-refractivity contribution >= 4 is 23.9 Å². The molecule has 2 atom stereocenters. The van der Waals surface area contributed by atoms with Crippen LogP contribution >= 0.6 is 0 Å². The number of hydrogen-bond donors (Lipinski definition) is 3. The van der Waals surface area contributed by atoms with Gasteiger partial charge in [0.05, 0.1) is 13.5 Å². The number of methoxy groups -OCH3 is 1. The van der Waals surface area contributed by atoms with Crippen LogP contribution in [-0.4, -0.2) is 55.3 Å². The molecule has 0 aliphatic heterocycles. The second-order valence-corrected chi connectivity index (χ2v) is 8.12. The van der Waals surface area contributed by atoms with E-state index in [9.17, 15) is 24.3 Å². The number of carbonyl (C=O) groups is 4. The van der Waals surface area contributed by atoms with Gasteiger partial charge in [0.15, 0.2) is 0 Å². The summed E-state index contributed by atoms with van der Waals surface area (Å²) in [7, 11) is 1.14. The van der Waals surface area contributed by atoms with E-state index in [1.165, 1.54) is 0 Å². The molecule has 0 saturated carbocycles. The van der Waals surface area contributed by atoms with E-state index in [4.69, 9.17) is 4.74 Å². The zero-order valence-electron chi connectivity index (χ0n) is 19.1. The Balaban J connectivity index is 1.45. The molecule has 2 aromatic carbocycles. The molecule has 34 heavy (non-hydrogen) atoms. The Morgan fingerprint density at radius 2 is 1.59 bits per heavy atom. The number of aliphatic carboxylic acids is 1. The fourth-order valence-electron chi connectivity index (χ4n) is 3.94. The van der Waals surface area contributed by atoms with E-state index >= 15 is 0 Å². The monoisotopic (exact) mass is 468 g/mol. The van der Waals surface area contributed by atoms with E-state index in [1.54, 1.807) is 6.92 Å². The molecule has 3 rings (SSSR count). The van der Waals surface area contributed by atoms with Crippen LogP contribution in [0.2, 0.25) is 0 Å². The van der Waals surface area contributed by atoms with Gasteiger partial charge in [-0.1, -0.05) is 55.5 Å². The Kier molecular flexibility index (Phi) is 8.24. The number of fused-ring (bicyclic) bond motifs is 3. The summed E-state index contributed by atoms with van der Waals surface area (Å²) in [6.07, 6.45) is -0.799. The SMILES string of the molecule is COC(=O)C[C@H](NC(=O)C(C)CCNC(=O)OCC1c2ccccc2-c2ccccc21)C(=O)O. The number of hydrogen-bond acceptors (Lipinski definition) is 6. The van der Waals surface area contributed by atoms with Gasteiger partial charge in [-0.2, -0.15) is 0 Å². The molecule has 3 N–H and O–H groups in total. The first-order valence-electron chi connectivity index (χ1n) is 11.0. The fourth-order valence-corrected chi connectivity index (χ4v) is 3.94. The van der Waals surface area contributed by atoms with Crippen LogP contribution < -0.4 is 10.6 Å². The smallest absolute Gasteiger partial charge is 0.407 e. The molecule has 2 amide bonds. The summed E-state index contributed by atoms with van der Waals surface area (Å²) >= 11 is 0. The lowest BCUT2D eigenvalue weighted by atomic mass is 9.98. The van der Waals surface area contributed by atoms with Gasteiger partial charge in [0.25, 0.3) is 0 Å². The van der Waals surface area contributed by atoms with Crippen LogP contribution in [0.3, 0.4) is 0 Å². The summed E-state index contributed by atoms with van der Waals surface area (Å²) in [6.45, 7) is 1.95. The molecule has 9 heteroatoms. The van der Waals surface area contributed by atoms with Crippen molar-refractivity contribution in [2.24, 2.45) is 5.92 Å². The quantitative estimate of drug-likeness (QED) is 0.457. The van der Waals surface area contributed by atoms with Crippen LogP contribution in [0.5, 0.6) is 0 Å². The van der Waals surface area contributed by atoms with E-state index in [-0.39, 0.29) is 25.5 Å². The van der Waals surface area contributed by atoms with E-state index in [2.05, 4.69) is 27.5 Å². The van der Waals surface area contributed by atoms with Gasteiger partial charge in [0.1, 0.15) is 12.6 Å². The topological polar surface area (TPSA) is 131 Å². The van der Waals surface area contributed by atoms with Gasteiger partial charge < -0.3 is 25.2 Å². The largest absolute Gasteiger partial charge is 0.480 e. The number of ether oxygens (including phenoxy) is 2. The van der Waals surface area contributed by atoms with E-state index in [0.717, 1.165) is 29.4 Å². The Morgan fingerprint density at radius 1 is 1.00 bits per heavy atom. The molecule has 1 unspecified atom stereocenters. The minimum absolute atomic E-state index is 0.0504. The van der Waals surface area contributed by atoms with Crippen molar-refractivity contribution in [2.75, 3.05) is 20.3 Å². The summed E-state index contributed by atoms with van der Waals surface area (Å²) in [6, 6.07) is 14.7. The molecule has 0 heterocycles. The molecule has 180 valence electrons. The summed E-state index contributed by atoms with van der Waals surface area (Å²) in [5.41, 5.74) is 4.50. The minimum Gasteiger partial charge on any atom is -0.480 e. The second-order valence-electron chi connectivity index (χ2n) is 8.12. The minimum atomic E-state index is -1.38.